The van der Waals surface area contributed by atoms with Crippen LogP contribution < -0.4 is 5.32 Å². The fourth-order valence-corrected chi connectivity index (χ4v) is 2.71. The minimum atomic E-state index is 0.452. The van der Waals surface area contributed by atoms with Gasteiger partial charge in [0, 0.05) is 17.5 Å². The number of nitrogens with one attached hydrogen (secondary N) is 1. The number of tetrazole rings is 1. The van der Waals surface area contributed by atoms with Crippen molar-refractivity contribution in [1.82, 2.24) is 25.5 Å². The zero-order chi connectivity index (χ0) is 14.7. The molecule has 0 aliphatic heterocycles. The van der Waals surface area contributed by atoms with Crippen molar-refractivity contribution in [3.05, 3.63) is 40.7 Å². The Labute approximate surface area is 129 Å². The molecule has 1 aliphatic carbocycles. The van der Waals surface area contributed by atoms with E-state index in [0.717, 1.165) is 30.2 Å². The van der Waals surface area contributed by atoms with Crippen LogP contribution in [0.15, 0.2) is 24.3 Å². The van der Waals surface area contributed by atoms with E-state index in [4.69, 9.17) is 11.6 Å². The van der Waals surface area contributed by atoms with Crippen LogP contribution in [0.1, 0.15) is 24.2 Å². The number of benzene rings is 1. The molecule has 0 amide bonds. The van der Waals surface area contributed by atoms with E-state index in [0.29, 0.717) is 12.0 Å². The highest BCUT2D eigenvalue weighted by Gasteiger charge is 2.23. The van der Waals surface area contributed by atoms with E-state index < -0.39 is 0 Å². The lowest BCUT2D eigenvalue weighted by Gasteiger charge is -2.16. The summed E-state index contributed by atoms with van der Waals surface area (Å²) in [4.78, 5) is 1.51. The van der Waals surface area contributed by atoms with Gasteiger partial charge in [-0.15, -0.1) is 10.2 Å². The molecular weight excluding hydrogens is 286 g/mol. The van der Waals surface area contributed by atoms with Crippen molar-refractivity contribution in [2.45, 2.75) is 31.7 Å². The molecule has 21 heavy (non-hydrogen) atoms. The smallest absolute Gasteiger partial charge is 0.175 e. The van der Waals surface area contributed by atoms with Crippen LogP contribution in [0.4, 0.5) is 0 Å². The first kappa shape index (κ1) is 14.5. The molecule has 2 aromatic rings. The van der Waals surface area contributed by atoms with Gasteiger partial charge < -0.3 is 5.32 Å². The molecule has 0 bridgehead atoms. The Hall–Kier alpha value is -1.46. The van der Waals surface area contributed by atoms with Gasteiger partial charge in [0.2, 0.25) is 0 Å². The molecule has 112 valence electrons. The van der Waals surface area contributed by atoms with Gasteiger partial charge in [-0.05, 0) is 54.6 Å². The predicted octanol–water partition coefficient (Wildman–Crippen LogP) is 2.02. The maximum atomic E-state index is 6.08. The second kappa shape index (κ2) is 6.54. The van der Waals surface area contributed by atoms with E-state index in [1.54, 1.807) is 7.05 Å². The molecular formula is C15H20ClN5. The van der Waals surface area contributed by atoms with Crippen LogP contribution in [-0.4, -0.2) is 32.8 Å². The third-order valence-electron chi connectivity index (χ3n) is 3.71. The van der Waals surface area contributed by atoms with Crippen molar-refractivity contribution in [3.63, 3.8) is 0 Å². The summed E-state index contributed by atoms with van der Waals surface area (Å²) < 4.78 is 0. The largest absolute Gasteiger partial charge is 0.314 e. The lowest BCUT2D eigenvalue weighted by atomic mass is 9.95. The maximum absolute atomic E-state index is 6.08. The summed E-state index contributed by atoms with van der Waals surface area (Å²) in [7, 11) is 1.80. The first-order valence-corrected chi connectivity index (χ1v) is 7.77. The molecule has 1 aliphatic rings. The summed E-state index contributed by atoms with van der Waals surface area (Å²) >= 11 is 6.08. The first-order chi connectivity index (χ1) is 10.2. The molecule has 1 saturated carbocycles. The molecule has 1 atom stereocenters. The number of rotatable bonds is 7. The molecule has 0 radical (unpaired) electrons. The van der Waals surface area contributed by atoms with Crippen LogP contribution >= 0.6 is 11.6 Å². The number of aryl methyl sites for hydroxylation is 1. The molecule has 1 N–H and O–H groups in total. The Balaban J connectivity index is 1.65. The second-order valence-corrected chi connectivity index (χ2v) is 6.22. The first-order valence-electron chi connectivity index (χ1n) is 7.40. The Bertz CT molecular complexity index is 593. The Morgan fingerprint density at radius 3 is 2.90 bits per heavy atom. The van der Waals surface area contributed by atoms with E-state index in [9.17, 15) is 0 Å². The van der Waals surface area contributed by atoms with Gasteiger partial charge in [-0.3, -0.25) is 0 Å². The van der Waals surface area contributed by atoms with Gasteiger partial charge in [0.15, 0.2) is 5.82 Å². The molecule has 1 fully saturated rings. The number of halogens is 1. The van der Waals surface area contributed by atoms with E-state index >= 15 is 0 Å². The van der Waals surface area contributed by atoms with Gasteiger partial charge >= 0.3 is 0 Å². The summed E-state index contributed by atoms with van der Waals surface area (Å²) in [5.74, 6) is 1.26. The molecule has 1 heterocycles. The normalized spacial score (nSPS) is 16.1. The Morgan fingerprint density at radius 2 is 2.24 bits per heavy atom. The standard InChI is InChI=1S/C15H20ClN5/c1-21-19-15(18-20-21)9-12(10-17-14-5-6-14)7-11-3-2-4-13(16)8-11/h2-4,8,12,14,17H,5-7,9-10H2,1H3. The molecule has 6 heteroatoms. The van der Waals surface area contributed by atoms with Crippen LogP contribution in [0, 0.1) is 5.92 Å². The van der Waals surface area contributed by atoms with Crippen LogP contribution in [-0.2, 0) is 19.9 Å². The number of nitrogens with zero attached hydrogens (tertiary/aromatic N) is 4. The van der Waals surface area contributed by atoms with Gasteiger partial charge in [-0.1, -0.05) is 23.7 Å². The lowest BCUT2D eigenvalue weighted by Crippen LogP contribution is -2.27. The van der Waals surface area contributed by atoms with Crippen molar-refractivity contribution in [1.29, 1.82) is 0 Å². The van der Waals surface area contributed by atoms with Gasteiger partial charge in [0.25, 0.3) is 0 Å². The predicted molar refractivity (Wildman–Crippen MR) is 82.2 cm³/mol. The Kier molecular flexibility index (Phi) is 4.51. The van der Waals surface area contributed by atoms with E-state index in [1.165, 1.54) is 23.2 Å². The topological polar surface area (TPSA) is 55.6 Å². The van der Waals surface area contributed by atoms with Gasteiger partial charge in [-0.25, -0.2) is 0 Å². The van der Waals surface area contributed by atoms with Crippen molar-refractivity contribution in [2.75, 3.05) is 6.54 Å². The number of hydrogen-bond donors (Lipinski definition) is 1. The Morgan fingerprint density at radius 1 is 1.38 bits per heavy atom. The second-order valence-electron chi connectivity index (χ2n) is 5.78. The third kappa shape index (κ3) is 4.51. The van der Waals surface area contributed by atoms with Gasteiger partial charge in [-0.2, -0.15) is 4.80 Å². The van der Waals surface area contributed by atoms with Crippen LogP contribution in [0.25, 0.3) is 0 Å². The summed E-state index contributed by atoms with van der Waals surface area (Å²) in [6, 6.07) is 8.79. The molecule has 0 saturated heterocycles. The highest BCUT2D eigenvalue weighted by atomic mass is 35.5. The SMILES string of the molecule is Cn1nnc(CC(CNC2CC2)Cc2cccc(Cl)c2)n1. The van der Waals surface area contributed by atoms with Crippen molar-refractivity contribution in [2.24, 2.45) is 13.0 Å². The maximum Gasteiger partial charge on any atom is 0.175 e. The number of aromatic nitrogens is 4. The molecule has 3 rings (SSSR count). The van der Waals surface area contributed by atoms with Crippen LogP contribution in [0.3, 0.4) is 0 Å². The molecule has 0 spiro atoms. The average molecular weight is 306 g/mol. The molecule has 5 nitrogen and oxygen atoms in total. The summed E-state index contributed by atoms with van der Waals surface area (Å²) in [5, 5.41) is 16.7. The fraction of sp³-hybridized carbons (Fsp3) is 0.533. The van der Waals surface area contributed by atoms with Gasteiger partial charge in [0.1, 0.15) is 0 Å². The summed E-state index contributed by atoms with van der Waals surface area (Å²) in [6.07, 6.45) is 4.40. The third-order valence-corrected chi connectivity index (χ3v) is 3.94. The average Bonchev–Trinajstić information content (AvgIpc) is 3.19. The fourth-order valence-electron chi connectivity index (χ4n) is 2.50. The summed E-state index contributed by atoms with van der Waals surface area (Å²) in [5.41, 5.74) is 1.26. The minimum absolute atomic E-state index is 0.452. The van der Waals surface area contributed by atoms with Crippen LogP contribution in [0.2, 0.25) is 5.02 Å². The highest BCUT2D eigenvalue weighted by Crippen LogP contribution is 2.21. The summed E-state index contributed by atoms with van der Waals surface area (Å²) in [6.45, 7) is 0.982. The monoisotopic (exact) mass is 305 g/mol. The van der Waals surface area contributed by atoms with E-state index in [1.807, 2.05) is 18.2 Å². The lowest BCUT2D eigenvalue weighted by molar-refractivity contribution is 0.459. The highest BCUT2D eigenvalue weighted by molar-refractivity contribution is 6.30. The molecule has 1 unspecified atom stereocenters. The van der Waals surface area contributed by atoms with Crippen molar-refractivity contribution in [3.8, 4) is 0 Å². The zero-order valence-electron chi connectivity index (χ0n) is 12.2. The molecule has 1 aromatic carbocycles. The van der Waals surface area contributed by atoms with Gasteiger partial charge in [0.05, 0.1) is 7.05 Å². The quantitative estimate of drug-likeness (QED) is 0.850. The van der Waals surface area contributed by atoms with Crippen molar-refractivity contribution < 1.29 is 0 Å². The molecule has 1 aromatic heterocycles. The number of hydrogen-bond acceptors (Lipinski definition) is 4. The van der Waals surface area contributed by atoms with E-state index in [2.05, 4.69) is 26.8 Å². The zero-order valence-corrected chi connectivity index (χ0v) is 12.9. The van der Waals surface area contributed by atoms with E-state index in [-0.39, 0.29) is 0 Å². The van der Waals surface area contributed by atoms with Crippen LogP contribution in [0.5, 0.6) is 0 Å². The minimum Gasteiger partial charge on any atom is -0.314 e. The van der Waals surface area contributed by atoms with Crippen molar-refractivity contribution >= 4 is 11.6 Å².